The van der Waals surface area contributed by atoms with Crippen LogP contribution in [0.1, 0.15) is 67.9 Å². The zero-order chi connectivity index (χ0) is 32.0. The summed E-state index contributed by atoms with van der Waals surface area (Å²) in [5, 5.41) is 17.0. The molecule has 1 aliphatic rings. The smallest absolute Gasteiger partial charge is 0.416 e. The molecule has 2 aromatic heterocycles. The Morgan fingerprint density at radius 1 is 1.07 bits per heavy atom. The average Bonchev–Trinajstić information content (AvgIpc) is 3.70. The number of pyridine rings is 1. The summed E-state index contributed by atoms with van der Waals surface area (Å²) in [4.78, 5) is 37.1. The third kappa shape index (κ3) is 8.14. The summed E-state index contributed by atoms with van der Waals surface area (Å²) in [5.41, 5.74) is 1.63. The molecule has 3 unspecified atom stereocenters. The van der Waals surface area contributed by atoms with Gasteiger partial charge in [0.1, 0.15) is 12.3 Å². The van der Waals surface area contributed by atoms with Gasteiger partial charge in [0.15, 0.2) is 0 Å². The van der Waals surface area contributed by atoms with E-state index in [-0.39, 0.29) is 42.6 Å². The van der Waals surface area contributed by atoms with Crippen molar-refractivity contribution in [1.82, 2.24) is 25.5 Å². The number of aliphatic hydroxyl groups excluding tert-OH is 1. The number of aryl methyl sites for hydroxylation is 1. The number of oxazole rings is 1. The van der Waals surface area contributed by atoms with Crippen LogP contribution in [0.3, 0.4) is 0 Å². The first-order valence-electron chi connectivity index (χ1n) is 14.7. The number of carbonyl (C=O) groups is 2. The number of amides is 2. The number of nitrogens with one attached hydrogen (secondary N) is 2. The monoisotopic (exact) mass is 621 g/mol. The number of halogens is 3. The lowest BCUT2D eigenvalue weighted by atomic mass is 10.00. The largest absolute Gasteiger partial charge is 0.446 e. The zero-order valence-electron chi connectivity index (χ0n) is 24.6. The molecular formula is C33H34F3N5O4. The van der Waals surface area contributed by atoms with E-state index in [1.807, 2.05) is 37.3 Å². The molecule has 1 aliphatic heterocycles. The van der Waals surface area contributed by atoms with E-state index < -0.39 is 29.8 Å². The van der Waals surface area contributed by atoms with E-state index in [2.05, 4.69) is 20.6 Å². The Kier molecular flexibility index (Phi) is 9.94. The number of likely N-dealkylation sites (tertiary alicyclic amines) is 1. The van der Waals surface area contributed by atoms with Gasteiger partial charge in [-0.2, -0.15) is 13.2 Å². The third-order valence-electron chi connectivity index (χ3n) is 7.70. The third-order valence-corrected chi connectivity index (χ3v) is 7.70. The zero-order valence-corrected chi connectivity index (χ0v) is 24.6. The van der Waals surface area contributed by atoms with Crippen LogP contribution in [0.2, 0.25) is 0 Å². The fourth-order valence-corrected chi connectivity index (χ4v) is 5.41. The van der Waals surface area contributed by atoms with Gasteiger partial charge in [-0.05, 0) is 49.4 Å². The van der Waals surface area contributed by atoms with Gasteiger partial charge in [0.2, 0.25) is 5.89 Å². The van der Waals surface area contributed by atoms with E-state index >= 15 is 0 Å². The van der Waals surface area contributed by atoms with Gasteiger partial charge in [-0.3, -0.25) is 14.6 Å². The van der Waals surface area contributed by atoms with Crippen LogP contribution in [0.15, 0.2) is 83.7 Å². The van der Waals surface area contributed by atoms with Crippen LogP contribution in [0.25, 0.3) is 0 Å². The molecule has 3 N–H and O–H groups in total. The van der Waals surface area contributed by atoms with Crippen LogP contribution in [-0.2, 0) is 19.1 Å². The summed E-state index contributed by atoms with van der Waals surface area (Å²) in [6.45, 7) is 2.42. The lowest BCUT2D eigenvalue weighted by Crippen LogP contribution is -2.48. The second kappa shape index (κ2) is 14.0. The Hall–Kier alpha value is -4.55. The minimum atomic E-state index is -4.46. The van der Waals surface area contributed by atoms with Crippen molar-refractivity contribution < 1.29 is 32.3 Å². The van der Waals surface area contributed by atoms with E-state index in [1.54, 1.807) is 17.2 Å². The molecule has 1 saturated heterocycles. The van der Waals surface area contributed by atoms with Crippen molar-refractivity contribution in [2.75, 3.05) is 13.1 Å². The average molecular weight is 622 g/mol. The van der Waals surface area contributed by atoms with Crippen molar-refractivity contribution in [2.45, 2.75) is 57.1 Å². The van der Waals surface area contributed by atoms with Gasteiger partial charge in [0.25, 0.3) is 11.8 Å². The maximum Gasteiger partial charge on any atom is 0.416 e. The molecule has 45 heavy (non-hydrogen) atoms. The number of aromatic nitrogens is 2. The predicted molar refractivity (Wildman–Crippen MR) is 159 cm³/mol. The number of hydrogen-bond acceptors (Lipinski definition) is 7. The standard InChI is InChI=1S/C33H34F3N5O4/c1-21-20-45-31(39-21)28-11-6-12-41(28)32(44)25-15-24(17-38-18-25)30(43)40-27(14-22-7-3-2-4-8-22)29(42)19-37-16-23-9-5-10-26(13-23)33(34,35)36/h2-5,7-10,13,15,17-18,20,27-29,37,42H,6,11-12,14,16,19H2,1H3,(H,40,43). The molecule has 0 radical (unpaired) electrons. The van der Waals surface area contributed by atoms with Crippen LogP contribution in [0.4, 0.5) is 13.2 Å². The molecule has 5 rings (SSSR count). The molecule has 9 nitrogen and oxygen atoms in total. The maximum absolute atomic E-state index is 13.5. The quantitative estimate of drug-likeness (QED) is 0.219. The number of benzene rings is 2. The van der Waals surface area contributed by atoms with Gasteiger partial charge in [0, 0.05) is 32.0 Å². The first kappa shape index (κ1) is 31.9. The summed E-state index contributed by atoms with van der Waals surface area (Å²) in [5.74, 6) is -0.355. The highest BCUT2D eigenvalue weighted by molar-refractivity contribution is 5.99. The molecule has 3 atom stereocenters. The Bertz CT molecular complexity index is 1610. The van der Waals surface area contributed by atoms with Gasteiger partial charge in [-0.15, -0.1) is 0 Å². The van der Waals surface area contributed by atoms with Crippen LogP contribution in [0, 0.1) is 6.92 Å². The fraction of sp³-hybridized carbons (Fsp3) is 0.333. The second-order valence-corrected chi connectivity index (χ2v) is 11.1. The molecule has 2 aromatic carbocycles. The Labute approximate surface area is 258 Å². The van der Waals surface area contributed by atoms with Crippen molar-refractivity contribution in [2.24, 2.45) is 0 Å². The fourth-order valence-electron chi connectivity index (χ4n) is 5.41. The highest BCUT2D eigenvalue weighted by Gasteiger charge is 2.34. The van der Waals surface area contributed by atoms with Gasteiger partial charge < -0.3 is 25.1 Å². The predicted octanol–water partition coefficient (Wildman–Crippen LogP) is 4.87. The number of nitrogens with zero attached hydrogens (tertiary/aromatic N) is 3. The second-order valence-electron chi connectivity index (χ2n) is 11.1. The SMILES string of the molecule is Cc1coc(C2CCCN2C(=O)c2cncc(C(=O)NC(Cc3ccccc3)C(O)CNCc3cccc(C(F)(F)F)c3)c2)n1. The topological polar surface area (TPSA) is 121 Å². The van der Waals surface area contributed by atoms with E-state index in [0.717, 1.165) is 29.8 Å². The van der Waals surface area contributed by atoms with Gasteiger partial charge >= 0.3 is 6.18 Å². The molecule has 3 heterocycles. The molecule has 0 bridgehead atoms. The first-order chi connectivity index (χ1) is 21.6. The molecule has 1 fully saturated rings. The Morgan fingerprint density at radius 3 is 2.56 bits per heavy atom. The summed E-state index contributed by atoms with van der Waals surface area (Å²) >= 11 is 0. The van der Waals surface area contributed by atoms with E-state index in [0.29, 0.717) is 24.4 Å². The van der Waals surface area contributed by atoms with Gasteiger partial charge in [0.05, 0.1) is 34.5 Å². The number of rotatable bonds is 11. The van der Waals surface area contributed by atoms with Crippen LogP contribution >= 0.6 is 0 Å². The van der Waals surface area contributed by atoms with Gasteiger partial charge in [-0.1, -0.05) is 48.5 Å². The van der Waals surface area contributed by atoms with Gasteiger partial charge in [-0.25, -0.2) is 4.98 Å². The van der Waals surface area contributed by atoms with E-state index in [4.69, 9.17) is 4.42 Å². The normalized spacial score (nSPS) is 16.4. The molecule has 236 valence electrons. The lowest BCUT2D eigenvalue weighted by molar-refractivity contribution is -0.137. The van der Waals surface area contributed by atoms with Crippen molar-refractivity contribution >= 4 is 11.8 Å². The lowest BCUT2D eigenvalue weighted by Gasteiger charge is -2.25. The molecule has 0 spiro atoms. The number of alkyl halides is 3. The van der Waals surface area contributed by atoms with Crippen LogP contribution in [0.5, 0.6) is 0 Å². The molecule has 12 heteroatoms. The van der Waals surface area contributed by atoms with Crippen molar-refractivity contribution in [1.29, 1.82) is 0 Å². The summed E-state index contributed by atoms with van der Waals surface area (Å²) in [6.07, 6.45) is 0.537. The molecule has 2 amide bonds. The van der Waals surface area contributed by atoms with E-state index in [1.165, 1.54) is 24.5 Å². The summed E-state index contributed by atoms with van der Waals surface area (Å²) in [7, 11) is 0. The summed E-state index contributed by atoms with van der Waals surface area (Å²) < 4.78 is 44.8. The molecular weight excluding hydrogens is 587 g/mol. The van der Waals surface area contributed by atoms with Crippen molar-refractivity contribution in [3.8, 4) is 0 Å². The minimum Gasteiger partial charge on any atom is -0.446 e. The highest BCUT2D eigenvalue weighted by Crippen LogP contribution is 2.33. The molecule has 0 aliphatic carbocycles. The molecule has 4 aromatic rings. The van der Waals surface area contributed by atoms with Crippen molar-refractivity contribution in [3.05, 3.63) is 119 Å². The minimum absolute atomic E-state index is 0.00143. The highest BCUT2D eigenvalue weighted by atomic mass is 19.4. The van der Waals surface area contributed by atoms with Crippen LogP contribution in [-0.4, -0.2) is 57.0 Å². The number of hydrogen-bond donors (Lipinski definition) is 3. The molecule has 0 saturated carbocycles. The Balaban J connectivity index is 1.26. The maximum atomic E-state index is 13.5. The van der Waals surface area contributed by atoms with Crippen LogP contribution < -0.4 is 10.6 Å². The van der Waals surface area contributed by atoms with E-state index in [9.17, 15) is 27.9 Å². The Morgan fingerprint density at radius 2 is 1.82 bits per heavy atom. The summed E-state index contributed by atoms with van der Waals surface area (Å²) in [6, 6.07) is 14.6. The number of aliphatic hydroxyl groups is 1. The van der Waals surface area contributed by atoms with Crippen molar-refractivity contribution in [3.63, 3.8) is 0 Å². The number of carbonyl (C=O) groups excluding carboxylic acids is 2. The first-order valence-corrected chi connectivity index (χ1v) is 14.7.